The maximum atomic E-state index is 13.0. The summed E-state index contributed by atoms with van der Waals surface area (Å²) in [5.41, 5.74) is 1.66. The molecule has 1 saturated heterocycles. The zero-order valence-corrected chi connectivity index (χ0v) is 24.6. The number of anilines is 1. The Kier molecular flexibility index (Phi) is 12.2. The Bertz CT molecular complexity index is 1350. The number of hydrogen-bond acceptors (Lipinski definition) is 9. The molecule has 5 N–H and O–H groups in total. The maximum Gasteiger partial charge on any atom is 0.412 e. The van der Waals surface area contributed by atoms with E-state index in [0.29, 0.717) is 44.2 Å². The number of carboxylic acids is 2. The van der Waals surface area contributed by atoms with Crippen LogP contribution in [-0.4, -0.2) is 70.6 Å². The van der Waals surface area contributed by atoms with Gasteiger partial charge in [0.2, 0.25) is 6.29 Å². The molecule has 13 heteroatoms. The van der Waals surface area contributed by atoms with Crippen molar-refractivity contribution >= 4 is 29.8 Å². The van der Waals surface area contributed by atoms with Crippen LogP contribution in [0.1, 0.15) is 49.7 Å². The third-order valence-electron chi connectivity index (χ3n) is 7.45. The molecule has 2 aromatic carbocycles. The van der Waals surface area contributed by atoms with E-state index in [1.807, 2.05) is 30.3 Å². The van der Waals surface area contributed by atoms with Gasteiger partial charge in [0.1, 0.15) is 18.5 Å². The highest BCUT2D eigenvalue weighted by molar-refractivity contribution is 5.86. The third kappa shape index (κ3) is 10.8. The molecule has 5 atom stereocenters. The highest BCUT2D eigenvalue weighted by atomic mass is 16.7. The molecular formula is C32H38N2O11. The number of aliphatic carboxylic acids is 2. The minimum absolute atomic E-state index is 0.0357. The number of carboxylic acid groups (broad SMARTS) is 2. The number of aliphatic hydroxyl groups is 1. The van der Waals surface area contributed by atoms with E-state index in [1.165, 1.54) is 12.1 Å². The van der Waals surface area contributed by atoms with Gasteiger partial charge in [-0.3, -0.25) is 10.1 Å². The monoisotopic (exact) mass is 626 g/mol. The van der Waals surface area contributed by atoms with Crippen molar-refractivity contribution in [2.75, 3.05) is 11.9 Å². The molecule has 1 aliphatic carbocycles. The van der Waals surface area contributed by atoms with Crippen molar-refractivity contribution in [2.24, 2.45) is 5.92 Å². The molecule has 2 amide bonds. The highest BCUT2D eigenvalue weighted by Gasteiger charge is 2.34. The van der Waals surface area contributed by atoms with Gasteiger partial charge >= 0.3 is 24.1 Å². The molecule has 13 nitrogen and oxygen atoms in total. The van der Waals surface area contributed by atoms with Gasteiger partial charge in [0.25, 0.3) is 0 Å². The van der Waals surface area contributed by atoms with Gasteiger partial charge in [-0.05, 0) is 55.9 Å². The van der Waals surface area contributed by atoms with Crippen molar-refractivity contribution in [3.05, 3.63) is 71.8 Å². The molecule has 5 unspecified atom stereocenters. The van der Waals surface area contributed by atoms with Crippen LogP contribution in [0.4, 0.5) is 15.3 Å². The number of benzene rings is 2. The summed E-state index contributed by atoms with van der Waals surface area (Å²) in [6, 6.07) is 14.2. The van der Waals surface area contributed by atoms with E-state index in [2.05, 4.69) is 10.6 Å². The SMILES string of the molecule is O=C(NCCc1ccccc1)OCc1ccc(OC2CC(O)CC(C(=O)O)O2)cc1NC(=O)OC1/C=C/CCC(C(=O)O)CC1. The molecule has 0 radical (unpaired) electrons. The van der Waals surface area contributed by atoms with Crippen LogP contribution in [0, 0.1) is 5.92 Å². The molecule has 0 aromatic heterocycles. The number of ether oxygens (including phenoxy) is 4. The first-order chi connectivity index (χ1) is 21.7. The van der Waals surface area contributed by atoms with Gasteiger partial charge in [-0.15, -0.1) is 0 Å². The van der Waals surface area contributed by atoms with Crippen LogP contribution < -0.4 is 15.4 Å². The lowest BCUT2D eigenvalue weighted by molar-refractivity contribution is -0.195. The zero-order valence-electron chi connectivity index (χ0n) is 24.6. The van der Waals surface area contributed by atoms with Gasteiger partial charge < -0.3 is 39.6 Å². The summed E-state index contributed by atoms with van der Waals surface area (Å²) in [5, 5.41) is 34.1. The zero-order chi connectivity index (χ0) is 32.2. The summed E-state index contributed by atoms with van der Waals surface area (Å²) in [7, 11) is 0. The molecule has 0 bridgehead atoms. The predicted octanol–water partition coefficient (Wildman–Crippen LogP) is 4.23. The van der Waals surface area contributed by atoms with Crippen LogP contribution >= 0.6 is 0 Å². The summed E-state index contributed by atoms with van der Waals surface area (Å²) >= 11 is 0. The molecule has 242 valence electrons. The van der Waals surface area contributed by atoms with E-state index in [9.17, 15) is 34.5 Å². The molecule has 2 aliphatic rings. The van der Waals surface area contributed by atoms with E-state index in [-0.39, 0.29) is 30.9 Å². The standard InChI is InChI=1S/C32H38N2O11/c35-23-16-27(30(38)39)45-28(17-23)43-25-13-11-22(19-42-31(40)33-15-14-20-6-2-1-3-7-20)26(18-25)34-32(41)44-24-9-5-4-8-21(10-12-24)29(36)37/h1-3,5-7,9,11,13,18,21,23-24,27-28,35H,4,8,10,12,14-17,19H2,(H,33,40)(H,34,41)(H,36,37)(H,38,39)/b9-5+. The lowest BCUT2D eigenvalue weighted by Crippen LogP contribution is -2.42. The van der Waals surface area contributed by atoms with Gasteiger partial charge in [-0.25, -0.2) is 14.4 Å². The Morgan fingerprint density at radius 3 is 2.49 bits per heavy atom. The van der Waals surface area contributed by atoms with Gasteiger partial charge in [0.05, 0.1) is 17.7 Å². The van der Waals surface area contributed by atoms with Crippen LogP contribution in [0.2, 0.25) is 0 Å². The summed E-state index contributed by atoms with van der Waals surface area (Å²) in [6.45, 7) is 0.145. The topological polar surface area (TPSA) is 190 Å². The number of amides is 2. The Labute approximate surface area is 260 Å². The average molecular weight is 627 g/mol. The number of allylic oxidation sites excluding steroid dienone is 1. The fraction of sp³-hybridized carbons (Fsp3) is 0.438. The molecule has 45 heavy (non-hydrogen) atoms. The van der Waals surface area contributed by atoms with E-state index >= 15 is 0 Å². The molecule has 1 heterocycles. The number of carbonyl (C=O) groups is 4. The fourth-order valence-electron chi connectivity index (χ4n) is 5.04. The first kappa shape index (κ1) is 33.3. The van der Waals surface area contributed by atoms with Crippen molar-refractivity contribution < 1.29 is 53.4 Å². The van der Waals surface area contributed by atoms with Crippen molar-refractivity contribution in [1.29, 1.82) is 0 Å². The van der Waals surface area contributed by atoms with Gasteiger partial charge in [-0.2, -0.15) is 0 Å². The quantitative estimate of drug-likeness (QED) is 0.224. The van der Waals surface area contributed by atoms with E-state index < -0.39 is 54.6 Å². The van der Waals surface area contributed by atoms with E-state index in [0.717, 1.165) is 5.56 Å². The first-order valence-corrected chi connectivity index (χ1v) is 14.8. The second-order valence-corrected chi connectivity index (χ2v) is 10.9. The van der Waals surface area contributed by atoms with Gasteiger partial charge in [0.15, 0.2) is 6.10 Å². The van der Waals surface area contributed by atoms with Gasteiger partial charge in [-0.1, -0.05) is 36.4 Å². The molecule has 2 aromatic rings. The highest BCUT2D eigenvalue weighted by Crippen LogP contribution is 2.29. The molecule has 0 saturated carbocycles. The second kappa shape index (κ2) is 16.5. The molecule has 1 fully saturated rings. The number of nitrogens with one attached hydrogen (secondary N) is 2. The summed E-state index contributed by atoms with van der Waals surface area (Å²) < 4.78 is 22.2. The first-order valence-electron chi connectivity index (χ1n) is 14.8. The lowest BCUT2D eigenvalue weighted by Gasteiger charge is -2.31. The Morgan fingerprint density at radius 1 is 0.933 bits per heavy atom. The van der Waals surface area contributed by atoms with Crippen molar-refractivity contribution in [3.8, 4) is 5.75 Å². The maximum absolute atomic E-state index is 13.0. The molecule has 4 rings (SSSR count). The molecule has 1 aliphatic heterocycles. The smallest absolute Gasteiger partial charge is 0.412 e. The summed E-state index contributed by atoms with van der Waals surface area (Å²) in [5.74, 6) is -2.44. The second-order valence-electron chi connectivity index (χ2n) is 10.9. The largest absolute Gasteiger partial charge is 0.481 e. The Balaban J connectivity index is 1.41. The lowest BCUT2D eigenvalue weighted by atomic mass is 9.93. The third-order valence-corrected chi connectivity index (χ3v) is 7.45. The van der Waals surface area contributed by atoms with Gasteiger partial charge in [0, 0.05) is 31.0 Å². The van der Waals surface area contributed by atoms with Crippen molar-refractivity contribution in [3.63, 3.8) is 0 Å². The molecular weight excluding hydrogens is 588 g/mol. The minimum atomic E-state index is -1.24. The summed E-state index contributed by atoms with van der Waals surface area (Å²) in [6.07, 6.45) is 0.475. The van der Waals surface area contributed by atoms with Crippen LogP contribution in [-0.2, 0) is 36.8 Å². The average Bonchev–Trinajstić information content (AvgIpc) is 2.98. The van der Waals surface area contributed by atoms with Crippen LogP contribution in [0.5, 0.6) is 5.75 Å². The normalized spacial score (nSPS) is 23.8. The summed E-state index contributed by atoms with van der Waals surface area (Å²) in [4.78, 5) is 48.2. The minimum Gasteiger partial charge on any atom is -0.481 e. The van der Waals surface area contributed by atoms with E-state index in [1.54, 1.807) is 18.2 Å². The van der Waals surface area contributed by atoms with Crippen molar-refractivity contribution in [2.45, 2.75) is 76.2 Å². The Morgan fingerprint density at radius 2 is 1.73 bits per heavy atom. The predicted molar refractivity (Wildman–Crippen MR) is 160 cm³/mol. The number of alkyl carbamates (subject to hydrolysis) is 1. The number of hydrogen-bond donors (Lipinski definition) is 5. The van der Waals surface area contributed by atoms with Crippen LogP contribution in [0.15, 0.2) is 60.7 Å². The fourth-order valence-corrected chi connectivity index (χ4v) is 5.04. The Hall–Kier alpha value is -4.62. The molecule has 0 spiro atoms. The number of aliphatic hydroxyl groups excluding tert-OH is 1. The van der Waals surface area contributed by atoms with Crippen LogP contribution in [0.3, 0.4) is 0 Å². The van der Waals surface area contributed by atoms with E-state index in [4.69, 9.17) is 18.9 Å². The van der Waals surface area contributed by atoms with Crippen LogP contribution in [0.25, 0.3) is 0 Å². The van der Waals surface area contributed by atoms with Crippen molar-refractivity contribution in [1.82, 2.24) is 5.32 Å². The number of rotatable bonds is 11. The number of carbonyl (C=O) groups excluding carboxylic acids is 2.